The van der Waals surface area contributed by atoms with Gasteiger partial charge in [0, 0.05) is 42.4 Å². The quantitative estimate of drug-likeness (QED) is 0.0735. The molecule has 1 amide bonds. The summed E-state index contributed by atoms with van der Waals surface area (Å²) in [7, 11) is 0. The number of allylic oxidation sites excluding steroid dienone is 2. The second-order valence-electron chi connectivity index (χ2n) is 27.1. The van der Waals surface area contributed by atoms with Crippen molar-refractivity contribution in [1.82, 2.24) is 25.3 Å². The van der Waals surface area contributed by atoms with Gasteiger partial charge in [0.15, 0.2) is 6.29 Å². The number of nitrogens with one attached hydrogen (secondary N) is 4. The molecule has 23 atom stereocenters. The van der Waals surface area contributed by atoms with Gasteiger partial charge in [0.2, 0.25) is 5.91 Å². The summed E-state index contributed by atoms with van der Waals surface area (Å²) >= 11 is 0. The van der Waals surface area contributed by atoms with Crippen LogP contribution in [0, 0.1) is 85.8 Å². The number of ether oxygens (including phenoxy) is 2. The summed E-state index contributed by atoms with van der Waals surface area (Å²) in [5, 5.41) is 111. The van der Waals surface area contributed by atoms with Crippen molar-refractivity contribution in [2.75, 3.05) is 38.3 Å². The Morgan fingerprint density at radius 3 is 2.37 bits per heavy atom. The molecule has 20 nitrogen and oxygen atoms in total. The number of carbonyl (C=O) groups excluding carboxylic acids is 1. The van der Waals surface area contributed by atoms with Crippen molar-refractivity contribution < 1.29 is 65.0 Å². The lowest BCUT2D eigenvalue weighted by molar-refractivity contribution is -0.351. The SMILES string of the molecule is C[C@]1(CO)CC[C@@]2(C(=O)O)[C@@H](C1)C1=CC[C@@H]3[C@]4(C5CCCCC5)[C@H](CC[C@@]3(C)[C@]1(C)[C@H]1Cc3[nH]cnc3NC[C@@H]12)[C@](C)(CO)[C@H](O[C@@H]1OC[C@@H](O)[C@H](O)[C@H]1O)[C@H](O)[C@@H]4C[C@@H]1[C@@H]([C@H](CC[C@@H](N)O)c2cnc[nH]2)NC(=O)[C@H]1CO. The van der Waals surface area contributed by atoms with Gasteiger partial charge in [0.05, 0.1) is 61.7 Å². The molecule has 2 saturated heterocycles. The number of aromatic nitrogens is 4. The number of H-pyrrole nitrogens is 2. The highest BCUT2D eigenvalue weighted by atomic mass is 16.7. The Hall–Kier alpha value is -3.54. The molecule has 0 bridgehead atoms. The second-order valence-corrected chi connectivity index (χ2v) is 27.1. The van der Waals surface area contributed by atoms with Gasteiger partial charge in [0.25, 0.3) is 0 Å². The molecule has 0 radical (unpaired) electrons. The van der Waals surface area contributed by atoms with Crippen LogP contribution in [-0.2, 0) is 25.5 Å². The fourth-order valence-electron chi connectivity index (χ4n) is 20.2. The van der Waals surface area contributed by atoms with Crippen LogP contribution in [0.4, 0.5) is 5.82 Å². The molecular weight excluding hydrogens is 1000 g/mol. The van der Waals surface area contributed by atoms with E-state index < -0.39 is 130 Å². The number of carbonyl (C=O) groups is 2. The first-order chi connectivity index (χ1) is 37.2. The maximum Gasteiger partial charge on any atom is 0.310 e. The van der Waals surface area contributed by atoms with Crippen LogP contribution in [0.5, 0.6) is 0 Å². The summed E-state index contributed by atoms with van der Waals surface area (Å²) in [6, 6.07) is -0.614. The van der Waals surface area contributed by atoms with E-state index in [9.17, 15) is 55.5 Å². The van der Waals surface area contributed by atoms with Crippen LogP contribution in [0.25, 0.3) is 0 Å². The Morgan fingerprint density at radius 2 is 1.69 bits per heavy atom. The smallest absolute Gasteiger partial charge is 0.310 e. The van der Waals surface area contributed by atoms with Crippen LogP contribution >= 0.6 is 0 Å². The average molecular weight is 1090 g/mol. The molecule has 7 fully saturated rings. The van der Waals surface area contributed by atoms with Crippen molar-refractivity contribution in [1.29, 1.82) is 0 Å². The molecule has 6 aliphatic carbocycles. The largest absolute Gasteiger partial charge is 0.481 e. The minimum Gasteiger partial charge on any atom is -0.481 e. The minimum absolute atomic E-state index is 0.00820. The molecule has 0 aromatic carbocycles. The van der Waals surface area contributed by atoms with Crippen molar-refractivity contribution in [2.45, 2.75) is 179 Å². The van der Waals surface area contributed by atoms with Gasteiger partial charge < -0.3 is 81.8 Å². The topological polar surface area (TPSA) is 342 Å². The normalized spacial score (nSPS) is 47.1. The van der Waals surface area contributed by atoms with Crippen LogP contribution in [0.1, 0.15) is 135 Å². The molecule has 9 aliphatic rings. The number of aromatic amines is 2. The number of nitrogens with two attached hydrogens (primary N) is 1. The zero-order valence-electron chi connectivity index (χ0n) is 46.0. The van der Waals surface area contributed by atoms with Crippen LogP contribution in [0.3, 0.4) is 0 Å². The molecular formula is C58H89N7O13. The number of rotatable bonds is 14. The molecule has 3 aliphatic heterocycles. The lowest BCUT2D eigenvalue weighted by atomic mass is 9.27. The number of aliphatic carboxylic acids is 1. The van der Waals surface area contributed by atoms with Crippen molar-refractivity contribution in [3.63, 3.8) is 0 Å². The molecule has 2 aromatic heterocycles. The van der Waals surface area contributed by atoms with E-state index in [4.69, 9.17) is 20.2 Å². The molecule has 5 heterocycles. The summed E-state index contributed by atoms with van der Waals surface area (Å²) in [5.74, 6) is -4.54. The Kier molecular flexibility index (Phi) is 15.0. The molecule has 15 N–H and O–H groups in total. The summed E-state index contributed by atoms with van der Waals surface area (Å²) in [4.78, 5) is 44.8. The fourth-order valence-corrected chi connectivity index (χ4v) is 20.2. The first-order valence-corrected chi connectivity index (χ1v) is 29.4. The number of aliphatic hydroxyl groups excluding tert-OH is 8. The minimum atomic E-state index is -1.69. The molecule has 5 saturated carbocycles. The van der Waals surface area contributed by atoms with E-state index >= 15 is 0 Å². The van der Waals surface area contributed by atoms with Crippen LogP contribution in [0.2, 0.25) is 0 Å². The van der Waals surface area contributed by atoms with Crippen molar-refractivity contribution in [2.24, 2.45) is 91.5 Å². The van der Waals surface area contributed by atoms with Gasteiger partial charge in [-0.15, -0.1) is 0 Å². The molecule has 434 valence electrons. The van der Waals surface area contributed by atoms with Gasteiger partial charge in [-0.25, -0.2) is 9.97 Å². The number of imidazole rings is 2. The molecule has 20 heteroatoms. The predicted octanol–water partition coefficient (Wildman–Crippen LogP) is 2.92. The number of carboxylic acids is 1. The summed E-state index contributed by atoms with van der Waals surface area (Å²) in [6.07, 6.45) is 6.72. The highest BCUT2D eigenvalue weighted by Crippen LogP contribution is 2.81. The lowest BCUT2D eigenvalue weighted by Gasteiger charge is -2.77. The van der Waals surface area contributed by atoms with Crippen LogP contribution < -0.4 is 16.4 Å². The fraction of sp³-hybridized carbons (Fsp3) is 0.828. The zero-order valence-corrected chi connectivity index (χ0v) is 46.0. The van der Waals surface area contributed by atoms with Gasteiger partial charge in [-0.2, -0.15) is 0 Å². The van der Waals surface area contributed by atoms with Gasteiger partial charge >= 0.3 is 5.97 Å². The van der Waals surface area contributed by atoms with E-state index in [1.54, 1.807) is 18.9 Å². The molecule has 2 aromatic rings. The van der Waals surface area contributed by atoms with Gasteiger partial charge in [-0.05, 0) is 146 Å². The van der Waals surface area contributed by atoms with Crippen molar-refractivity contribution >= 4 is 17.7 Å². The number of fused-ring (bicyclic) bond motifs is 11. The number of hydrogen-bond acceptors (Lipinski definition) is 16. The Labute approximate surface area is 457 Å². The van der Waals surface area contributed by atoms with E-state index in [1.807, 2.05) is 6.92 Å². The van der Waals surface area contributed by atoms with Crippen molar-refractivity contribution in [3.05, 3.63) is 41.9 Å². The maximum atomic E-state index is 14.5. The van der Waals surface area contributed by atoms with Gasteiger partial charge in [-0.3, -0.25) is 9.59 Å². The summed E-state index contributed by atoms with van der Waals surface area (Å²) in [5.41, 5.74) is 3.89. The van der Waals surface area contributed by atoms with E-state index in [0.717, 1.165) is 54.9 Å². The molecule has 0 spiro atoms. The van der Waals surface area contributed by atoms with Gasteiger partial charge in [-0.1, -0.05) is 58.6 Å². The van der Waals surface area contributed by atoms with E-state index in [-0.39, 0.29) is 61.6 Å². The second kappa shape index (κ2) is 20.7. The maximum absolute atomic E-state index is 14.5. The lowest BCUT2D eigenvalue weighted by Crippen LogP contribution is -2.76. The monoisotopic (exact) mass is 1090 g/mol. The van der Waals surface area contributed by atoms with E-state index in [1.165, 1.54) is 0 Å². The van der Waals surface area contributed by atoms with Crippen LogP contribution in [0.15, 0.2) is 30.5 Å². The number of aliphatic hydroxyl groups is 8. The number of hydrogen-bond donors (Lipinski definition) is 14. The third kappa shape index (κ3) is 8.20. The number of anilines is 1. The summed E-state index contributed by atoms with van der Waals surface area (Å²) in [6.45, 7) is 8.02. The first kappa shape index (κ1) is 56.3. The predicted molar refractivity (Wildman–Crippen MR) is 283 cm³/mol. The number of amides is 1. The Bertz CT molecular complexity index is 2530. The third-order valence-corrected chi connectivity index (χ3v) is 24.1. The number of nitrogens with zero attached hydrogens (tertiary/aromatic N) is 2. The first-order valence-electron chi connectivity index (χ1n) is 29.4. The van der Waals surface area contributed by atoms with E-state index in [2.05, 4.69) is 52.4 Å². The Morgan fingerprint density at radius 1 is 0.923 bits per heavy atom. The Balaban J connectivity index is 1.14. The highest BCUT2D eigenvalue weighted by molar-refractivity contribution is 5.82. The average Bonchev–Trinajstić information content (AvgIpc) is 2.19. The standard InChI is InChI=1S/C58H89N7O13/c1-53(25-67)16-17-57(52(75)76)36(20-53)33-11-12-42-55(3,56(33,4)34-19-38-49(64-28-63-38)61-21-37(34)57)15-14-41-54(2,26-68)48(78-51-47(73)46(72)40(69)24-77-51)45(71)35(58(41,42)29-8-6-5-7-9-29)18-31-32(23-66)50(74)65-44(31)30(10-13-43(59)70)39-22-60-27-62-39/h11,22,27-32,34-37,40-48,51,61,66-73H,5-10,12-21,23-26,59H2,1-4H3,(H,60,62)(H,63,64)(H,65,74)(H,75,76)/t30-,31+,32+,34+,35+,36+,37+,40-,41-,42+,43+,44-,45-,46+,47-,48-,51+,53+,54+,55-,56+,57-,58+/m1/s1. The number of carboxylic acid groups (broad SMARTS) is 1. The van der Waals surface area contributed by atoms with Crippen LogP contribution in [-0.4, -0.2) is 160 Å². The molecule has 0 unspecified atom stereocenters. The van der Waals surface area contributed by atoms with Gasteiger partial charge in [0.1, 0.15) is 30.4 Å². The molecule has 11 rings (SSSR count). The highest BCUT2D eigenvalue weighted by Gasteiger charge is 2.78. The zero-order chi connectivity index (χ0) is 55.5. The molecule has 78 heavy (non-hydrogen) atoms. The van der Waals surface area contributed by atoms with E-state index in [0.29, 0.717) is 57.9 Å². The van der Waals surface area contributed by atoms with Crippen molar-refractivity contribution in [3.8, 4) is 0 Å². The summed E-state index contributed by atoms with van der Waals surface area (Å²) < 4.78 is 12.8. The third-order valence-electron chi connectivity index (χ3n) is 24.1.